The van der Waals surface area contributed by atoms with Gasteiger partial charge < -0.3 is 14.2 Å². The van der Waals surface area contributed by atoms with Crippen molar-refractivity contribution >= 4 is 16.9 Å². The Morgan fingerprint density at radius 1 is 1.00 bits per heavy atom. The minimum atomic E-state index is -4.79. The molecule has 0 amide bonds. The molecule has 1 aliphatic carbocycles. The molecule has 5 aromatic rings. The topological polar surface area (TPSA) is 111 Å². The van der Waals surface area contributed by atoms with Gasteiger partial charge in [0.1, 0.15) is 23.5 Å². The summed E-state index contributed by atoms with van der Waals surface area (Å²) in [6.07, 6.45) is -4.11. The number of nitrogens with one attached hydrogen (secondary N) is 1. The monoisotopic (exact) mass is 631 g/mol. The summed E-state index contributed by atoms with van der Waals surface area (Å²) < 4.78 is 91.5. The number of methoxy groups -OCH3 is 1. The Kier molecular flexibility index (Phi) is 7.40. The zero-order chi connectivity index (χ0) is 32.3. The summed E-state index contributed by atoms with van der Waals surface area (Å²) >= 11 is 0. The second kappa shape index (κ2) is 11.0. The third-order valence-electron chi connectivity index (χ3n) is 7.61. The third kappa shape index (κ3) is 5.64. The van der Waals surface area contributed by atoms with Crippen LogP contribution in [0.25, 0.3) is 33.8 Å². The van der Waals surface area contributed by atoms with Crippen LogP contribution in [0.4, 0.5) is 32.2 Å². The molecule has 1 saturated carbocycles. The zero-order valence-corrected chi connectivity index (χ0v) is 24.4. The van der Waals surface area contributed by atoms with Crippen LogP contribution in [0, 0.1) is 0 Å². The highest BCUT2D eigenvalue weighted by atomic mass is 19.4. The number of fused-ring (bicyclic) bond motifs is 1. The average molecular weight is 632 g/mol. The lowest BCUT2D eigenvalue weighted by atomic mass is 10.0. The summed E-state index contributed by atoms with van der Waals surface area (Å²) in [7, 11) is 2.68. The van der Waals surface area contributed by atoms with E-state index in [0.717, 1.165) is 23.9 Å². The molecule has 0 unspecified atom stereocenters. The molecule has 0 spiro atoms. The van der Waals surface area contributed by atoms with Crippen LogP contribution in [-0.4, -0.2) is 60.0 Å². The fourth-order valence-electron chi connectivity index (χ4n) is 5.32. The summed E-state index contributed by atoms with van der Waals surface area (Å²) in [4.78, 5) is 22.4. The van der Waals surface area contributed by atoms with Crippen LogP contribution < -0.4 is 9.64 Å². The van der Waals surface area contributed by atoms with E-state index in [2.05, 4.69) is 35.1 Å². The van der Waals surface area contributed by atoms with Gasteiger partial charge in [-0.05, 0) is 32.3 Å². The van der Waals surface area contributed by atoms with Gasteiger partial charge in [0, 0.05) is 30.8 Å². The number of benzene rings is 1. The summed E-state index contributed by atoms with van der Waals surface area (Å²) in [6, 6.07) is 2.54. The minimum absolute atomic E-state index is 0.00756. The van der Waals surface area contributed by atoms with Crippen molar-refractivity contribution < 1.29 is 31.1 Å². The first-order chi connectivity index (χ1) is 21.3. The number of anilines is 1. The van der Waals surface area contributed by atoms with Crippen LogP contribution in [0.2, 0.25) is 0 Å². The second-order valence-corrected chi connectivity index (χ2v) is 11.0. The Morgan fingerprint density at radius 3 is 2.31 bits per heavy atom. The predicted octanol–water partition coefficient (Wildman–Crippen LogP) is 6.90. The average Bonchev–Trinajstić information content (AvgIpc) is 3.53. The Morgan fingerprint density at radius 2 is 1.71 bits per heavy atom. The molecule has 236 valence electrons. The van der Waals surface area contributed by atoms with Crippen LogP contribution in [0.5, 0.6) is 5.88 Å². The molecule has 16 heteroatoms. The summed E-state index contributed by atoms with van der Waals surface area (Å²) in [5, 5.41) is 6.95. The second-order valence-electron chi connectivity index (χ2n) is 11.0. The lowest BCUT2D eigenvalue weighted by molar-refractivity contribution is -0.149. The molecular formula is C29H27F6N9O. The van der Waals surface area contributed by atoms with Gasteiger partial charge in [0.2, 0.25) is 5.88 Å². The first-order valence-corrected chi connectivity index (χ1v) is 13.9. The number of hydrogen-bond donors (Lipinski definition) is 1. The normalized spacial score (nSPS) is 14.7. The van der Waals surface area contributed by atoms with E-state index in [9.17, 15) is 26.3 Å². The van der Waals surface area contributed by atoms with Crippen molar-refractivity contribution in [3.8, 4) is 28.7 Å². The van der Waals surface area contributed by atoms with E-state index in [0.29, 0.717) is 11.3 Å². The standard InChI is InChI=1S/C29H27F6N9O/c1-14(2)44-12-19(28(30,31)32)39-25(44)17-9-7-16(8-10-17)22(29(33,34)35)43(3)26-18-11-38-42-23(18)40-24(41-26)20-21(15-5-6-15)36-13-37-27(20)45-4/h7-15,22H,5-6H2,1-4H3,(H,38,40,41,42)/t22-/m1/s1. The first-order valence-electron chi connectivity index (χ1n) is 13.9. The number of alkyl halides is 6. The van der Waals surface area contributed by atoms with Crippen molar-refractivity contribution in [2.75, 3.05) is 19.1 Å². The third-order valence-corrected chi connectivity index (χ3v) is 7.61. The smallest absolute Gasteiger partial charge is 0.434 e. The van der Waals surface area contributed by atoms with E-state index in [1.54, 1.807) is 13.8 Å². The summed E-state index contributed by atoms with van der Waals surface area (Å²) in [5.74, 6) is 0.319. The lowest BCUT2D eigenvalue weighted by Gasteiger charge is -2.31. The van der Waals surface area contributed by atoms with Crippen LogP contribution in [0.15, 0.2) is 43.0 Å². The van der Waals surface area contributed by atoms with Crippen LogP contribution >= 0.6 is 0 Å². The van der Waals surface area contributed by atoms with Crippen molar-refractivity contribution in [1.29, 1.82) is 0 Å². The number of imidazole rings is 1. The number of aromatic nitrogens is 8. The van der Waals surface area contributed by atoms with Gasteiger partial charge in [-0.2, -0.15) is 31.4 Å². The van der Waals surface area contributed by atoms with Gasteiger partial charge in [-0.3, -0.25) is 5.10 Å². The number of rotatable bonds is 8. The fourth-order valence-corrected chi connectivity index (χ4v) is 5.32. The zero-order valence-electron chi connectivity index (χ0n) is 24.4. The molecule has 1 aliphatic rings. The quantitative estimate of drug-likeness (QED) is 0.184. The van der Waals surface area contributed by atoms with Gasteiger partial charge in [-0.1, -0.05) is 24.3 Å². The number of hydrogen-bond acceptors (Lipinski definition) is 8. The Labute approximate surface area is 252 Å². The molecule has 0 radical (unpaired) electrons. The van der Waals surface area contributed by atoms with Crippen molar-refractivity contribution in [1.82, 2.24) is 39.7 Å². The van der Waals surface area contributed by atoms with Gasteiger partial charge in [0.15, 0.2) is 23.2 Å². The van der Waals surface area contributed by atoms with Gasteiger partial charge >= 0.3 is 12.4 Å². The molecule has 0 bridgehead atoms. The van der Waals surface area contributed by atoms with Gasteiger partial charge in [0.05, 0.1) is 24.4 Å². The minimum Gasteiger partial charge on any atom is -0.480 e. The van der Waals surface area contributed by atoms with E-state index in [4.69, 9.17) is 4.74 Å². The van der Waals surface area contributed by atoms with Crippen molar-refractivity contribution in [3.05, 3.63) is 59.9 Å². The number of aromatic amines is 1. The van der Waals surface area contributed by atoms with E-state index >= 15 is 0 Å². The number of ether oxygens (including phenoxy) is 1. The van der Waals surface area contributed by atoms with Crippen LogP contribution in [-0.2, 0) is 6.18 Å². The Balaban J connectivity index is 1.43. The molecule has 1 atom stereocenters. The number of halogens is 6. The molecule has 4 aromatic heterocycles. The maximum atomic E-state index is 14.8. The van der Waals surface area contributed by atoms with Gasteiger partial charge in [-0.25, -0.2) is 24.9 Å². The Bertz CT molecular complexity index is 1840. The lowest BCUT2D eigenvalue weighted by Crippen LogP contribution is -2.36. The highest BCUT2D eigenvalue weighted by molar-refractivity contribution is 5.89. The number of nitrogens with zero attached hydrogens (tertiary/aromatic N) is 8. The molecule has 1 fully saturated rings. The predicted molar refractivity (Wildman–Crippen MR) is 151 cm³/mol. The highest BCUT2D eigenvalue weighted by Gasteiger charge is 2.45. The van der Waals surface area contributed by atoms with E-state index < -0.39 is 24.1 Å². The summed E-state index contributed by atoms with van der Waals surface area (Å²) in [6.45, 7) is 3.37. The van der Waals surface area contributed by atoms with E-state index in [-0.39, 0.29) is 57.5 Å². The molecule has 1 aromatic carbocycles. The molecule has 0 aliphatic heterocycles. The van der Waals surface area contributed by atoms with E-state index in [1.807, 2.05) is 0 Å². The molecular weight excluding hydrogens is 604 g/mol. The molecule has 1 N–H and O–H groups in total. The molecule has 6 rings (SSSR count). The Hall–Kier alpha value is -4.76. The maximum absolute atomic E-state index is 14.8. The number of H-pyrrole nitrogens is 1. The highest BCUT2D eigenvalue weighted by Crippen LogP contribution is 2.46. The molecule has 0 saturated heterocycles. The van der Waals surface area contributed by atoms with E-state index in [1.165, 1.54) is 55.5 Å². The molecule has 4 heterocycles. The van der Waals surface area contributed by atoms with Crippen LogP contribution in [0.1, 0.15) is 61.6 Å². The largest absolute Gasteiger partial charge is 0.480 e. The van der Waals surface area contributed by atoms with Crippen molar-refractivity contribution in [2.24, 2.45) is 0 Å². The first kappa shape index (κ1) is 30.3. The SMILES string of the molecule is COc1ncnc(C2CC2)c1-c1nc(N(C)[C@H](c2ccc(-c3nc(C(F)(F)F)cn3C(C)C)cc2)C(F)(F)F)c2cn[nH]c2n1. The maximum Gasteiger partial charge on any atom is 0.434 e. The molecule has 45 heavy (non-hydrogen) atoms. The van der Waals surface area contributed by atoms with Crippen molar-refractivity contribution in [2.45, 2.75) is 57.0 Å². The van der Waals surface area contributed by atoms with Gasteiger partial charge in [-0.15, -0.1) is 0 Å². The fraction of sp³-hybridized carbons (Fsp3) is 0.379. The summed E-state index contributed by atoms with van der Waals surface area (Å²) in [5.41, 5.74) is 0.218. The van der Waals surface area contributed by atoms with Crippen LogP contribution in [0.3, 0.4) is 0 Å². The van der Waals surface area contributed by atoms with Crippen molar-refractivity contribution in [3.63, 3.8) is 0 Å². The molecule has 10 nitrogen and oxygen atoms in total. The van der Waals surface area contributed by atoms with Gasteiger partial charge in [0.25, 0.3) is 0 Å².